The zero-order valence-electron chi connectivity index (χ0n) is 23.4. The number of anilines is 1. The molecule has 40 heavy (non-hydrogen) atoms. The molecule has 0 aliphatic heterocycles. The number of halogens is 2. The average Bonchev–Trinajstić information content (AvgIpc) is 3.21. The van der Waals surface area contributed by atoms with Crippen LogP contribution in [0.15, 0.2) is 30.5 Å². The highest BCUT2D eigenvalue weighted by molar-refractivity contribution is 5.91. The highest BCUT2D eigenvalue weighted by Crippen LogP contribution is 2.38. The molecule has 1 atom stereocenters. The number of benzene rings is 1. The van der Waals surface area contributed by atoms with E-state index in [0.717, 1.165) is 19.2 Å². The van der Waals surface area contributed by atoms with E-state index in [2.05, 4.69) is 10.1 Å². The lowest BCUT2D eigenvalue weighted by Gasteiger charge is -2.25. The van der Waals surface area contributed by atoms with Crippen molar-refractivity contribution >= 4 is 17.9 Å². The second-order valence-corrected chi connectivity index (χ2v) is 9.88. The number of hydrogen-bond donors (Lipinski definition) is 1. The number of nitrogens with two attached hydrogens (primary N) is 1. The molecule has 1 aromatic carbocycles. The number of hydrogen-bond acceptors (Lipinski definition) is 9. The summed E-state index contributed by atoms with van der Waals surface area (Å²) >= 11 is 0. The summed E-state index contributed by atoms with van der Waals surface area (Å²) in [5, 5.41) is 4.38. The van der Waals surface area contributed by atoms with E-state index in [0.29, 0.717) is 16.8 Å². The molecule has 0 saturated carbocycles. The summed E-state index contributed by atoms with van der Waals surface area (Å²) in [6.07, 6.45) is -0.497. The Kier molecular flexibility index (Phi) is 9.17. The van der Waals surface area contributed by atoms with Gasteiger partial charge in [-0.1, -0.05) is 0 Å². The Hall–Kier alpha value is -4.42. The van der Waals surface area contributed by atoms with Gasteiger partial charge in [-0.3, -0.25) is 4.68 Å². The van der Waals surface area contributed by atoms with Crippen molar-refractivity contribution in [3.05, 3.63) is 53.1 Å². The molecule has 1 unspecified atom stereocenters. The lowest BCUT2D eigenvalue weighted by Crippen LogP contribution is -2.34. The number of amides is 1. The Morgan fingerprint density at radius 2 is 1.90 bits per heavy atom. The van der Waals surface area contributed by atoms with Crippen molar-refractivity contribution in [2.45, 2.75) is 39.0 Å². The standard InChI is InChI=1S/C27H33F2N5O6/c1-27(2,3)40-26(36)33(4)14-19-22(24(37-6)32-34(19)5)15-10-20(23(30)31-13-15)39-21(12-28)18-11-16(29)8-9-17(18)25(35)38-7/h8-11,13,21H,12,14H2,1-7H3,(H2,30,31). The molecule has 2 heterocycles. The van der Waals surface area contributed by atoms with Crippen LogP contribution in [0, 0.1) is 5.82 Å². The largest absolute Gasteiger partial charge is 0.479 e. The molecule has 2 N–H and O–H groups in total. The van der Waals surface area contributed by atoms with Gasteiger partial charge in [0.1, 0.15) is 18.1 Å². The first-order valence-electron chi connectivity index (χ1n) is 12.2. The summed E-state index contributed by atoms with van der Waals surface area (Å²) in [5.74, 6) is -1.35. The maximum atomic E-state index is 14.2. The molecule has 216 valence electrons. The second kappa shape index (κ2) is 12.2. The van der Waals surface area contributed by atoms with Crippen LogP contribution in [-0.2, 0) is 23.1 Å². The lowest BCUT2D eigenvalue weighted by atomic mass is 10.0. The Balaban J connectivity index is 2.03. The van der Waals surface area contributed by atoms with Crippen molar-refractivity contribution in [1.82, 2.24) is 19.7 Å². The summed E-state index contributed by atoms with van der Waals surface area (Å²) in [6, 6.07) is 4.75. The van der Waals surface area contributed by atoms with Gasteiger partial charge in [0.2, 0.25) is 5.88 Å². The fourth-order valence-electron chi connectivity index (χ4n) is 3.89. The van der Waals surface area contributed by atoms with E-state index < -0.39 is 36.3 Å². The van der Waals surface area contributed by atoms with Crippen LogP contribution < -0.4 is 15.2 Å². The minimum Gasteiger partial charge on any atom is -0.479 e. The van der Waals surface area contributed by atoms with E-state index in [1.165, 1.54) is 30.3 Å². The van der Waals surface area contributed by atoms with Crippen LogP contribution in [0.5, 0.6) is 11.6 Å². The molecule has 2 aromatic heterocycles. The fourth-order valence-corrected chi connectivity index (χ4v) is 3.89. The number of nitrogen functional groups attached to an aromatic ring is 1. The Morgan fingerprint density at radius 3 is 2.50 bits per heavy atom. The molecule has 0 aliphatic carbocycles. The number of pyridine rings is 1. The topological polar surface area (TPSA) is 131 Å². The lowest BCUT2D eigenvalue weighted by molar-refractivity contribution is 0.0281. The van der Waals surface area contributed by atoms with Gasteiger partial charge >= 0.3 is 12.1 Å². The first-order chi connectivity index (χ1) is 18.8. The van der Waals surface area contributed by atoms with Crippen molar-refractivity contribution in [2.24, 2.45) is 7.05 Å². The quantitative estimate of drug-likeness (QED) is 0.376. The van der Waals surface area contributed by atoms with E-state index in [1.54, 1.807) is 39.5 Å². The van der Waals surface area contributed by atoms with Crippen LogP contribution in [0.1, 0.15) is 48.5 Å². The molecule has 0 bridgehead atoms. The van der Waals surface area contributed by atoms with Crippen LogP contribution in [0.25, 0.3) is 11.1 Å². The van der Waals surface area contributed by atoms with Crippen LogP contribution in [-0.4, -0.2) is 65.3 Å². The number of nitrogens with zero attached hydrogens (tertiary/aromatic N) is 4. The number of alkyl halides is 1. The van der Waals surface area contributed by atoms with E-state index in [9.17, 15) is 18.4 Å². The van der Waals surface area contributed by atoms with Crippen molar-refractivity contribution in [3.8, 4) is 22.8 Å². The Bertz CT molecular complexity index is 1390. The number of aryl methyl sites for hydroxylation is 1. The minimum atomic E-state index is -1.40. The highest BCUT2D eigenvalue weighted by atomic mass is 19.1. The van der Waals surface area contributed by atoms with Gasteiger partial charge in [0.25, 0.3) is 0 Å². The zero-order valence-corrected chi connectivity index (χ0v) is 23.4. The fraction of sp³-hybridized carbons (Fsp3) is 0.407. The van der Waals surface area contributed by atoms with Gasteiger partial charge in [-0.15, -0.1) is 5.10 Å². The monoisotopic (exact) mass is 561 g/mol. The molecule has 3 rings (SSSR count). The Morgan fingerprint density at radius 1 is 1.20 bits per heavy atom. The van der Waals surface area contributed by atoms with E-state index in [-0.39, 0.29) is 35.1 Å². The SMILES string of the molecule is COC(=O)c1ccc(F)cc1C(CF)Oc1cc(-c2c(OC)nn(C)c2CN(C)C(=O)OC(C)(C)C)cnc1N. The number of esters is 1. The van der Waals surface area contributed by atoms with Gasteiger partial charge < -0.3 is 29.6 Å². The molecule has 0 aliphatic rings. The Labute approximate surface area is 230 Å². The van der Waals surface area contributed by atoms with Gasteiger partial charge in [0.15, 0.2) is 17.7 Å². The number of ether oxygens (including phenoxy) is 4. The highest BCUT2D eigenvalue weighted by Gasteiger charge is 2.27. The summed E-state index contributed by atoms with van der Waals surface area (Å²) in [6.45, 7) is 4.28. The molecular formula is C27H33F2N5O6. The number of methoxy groups -OCH3 is 2. The maximum absolute atomic E-state index is 14.2. The van der Waals surface area contributed by atoms with Crippen molar-refractivity contribution in [1.29, 1.82) is 0 Å². The van der Waals surface area contributed by atoms with Crippen LogP contribution in [0.4, 0.5) is 19.4 Å². The predicted octanol–water partition coefficient (Wildman–Crippen LogP) is 4.46. The van der Waals surface area contributed by atoms with E-state index >= 15 is 0 Å². The third-order valence-electron chi connectivity index (χ3n) is 5.76. The van der Waals surface area contributed by atoms with E-state index in [1.807, 2.05) is 0 Å². The van der Waals surface area contributed by atoms with Gasteiger partial charge in [-0.05, 0) is 45.0 Å². The molecule has 0 spiro atoms. The molecule has 11 nitrogen and oxygen atoms in total. The number of rotatable bonds is 9. The van der Waals surface area contributed by atoms with Crippen molar-refractivity contribution < 1.29 is 37.3 Å². The van der Waals surface area contributed by atoms with Crippen LogP contribution in [0.2, 0.25) is 0 Å². The first kappa shape index (κ1) is 30.1. The minimum absolute atomic E-state index is 0.0300. The molecule has 1 amide bonds. The summed E-state index contributed by atoms with van der Waals surface area (Å²) < 4.78 is 51.4. The molecule has 13 heteroatoms. The molecule has 3 aromatic rings. The van der Waals surface area contributed by atoms with E-state index in [4.69, 9.17) is 24.7 Å². The molecular weight excluding hydrogens is 528 g/mol. The number of aromatic nitrogens is 3. The number of carbonyl (C=O) groups is 2. The van der Waals surface area contributed by atoms with Crippen LogP contribution >= 0.6 is 0 Å². The smallest absolute Gasteiger partial charge is 0.410 e. The predicted molar refractivity (Wildman–Crippen MR) is 142 cm³/mol. The number of carbonyl (C=O) groups excluding carboxylic acids is 2. The summed E-state index contributed by atoms with van der Waals surface area (Å²) in [7, 11) is 5.86. The average molecular weight is 562 g/mol. The summed E-state index contributed by atoms with van der Waals surface area (Å²) in [5.41, 5.74) is 6.74. The van der Waals surface area contributed by atoms with Gasteiger partial charge in [0.05, 0.1) is 37.6 Å². The second-order valence-electron chi connectivity index (χ2n) is 9.88. The van der Waals surface area contributed by atoms with Crippen molar-refractivity contribution in [2.75, 3.05) is 33.7 Å². The van der Waals surface area contributed by atoms with Crippen LogP contribution in [0.3, 0.4) is 0 Å². The molecule has 0 radical (unpaired) electrons. The summed E-state index contributed by atoms with van der Waals surface area (Å²) in [4.78, 5) is 30.4. The van der Waals surface area contributed by atoms with Gasteiger partial charge in [0, 0.05) is 31.4 Å². The molecule has 0 fully saturated rings. The third kappa shape index (κ3) is 6.77. The van der Waals surface area contributed by atoms with Gasteiger partial charge in [-0.2, -0.15) is 0 Å². The first-order valence-corrected chi connectivity index (χ1v) is 12.2. The van der Waals surface area contributed by atoms with Crippen molar-refractivity contribution in [3.63, 3.8) is 0 Å². The normalized spacial score (nSPS) is 12.0. The third-order valence-corrected chi connectivity index (χ3v) is 5.76. The molecule has 0 saturated heterocycles. The maximum Gasteiger partial charge on any atom is 0.410 e. The van der Waals surface area contributed by atoms with Gasteiger partial charge in [-0.25, -0.2) is 23.4 Å². The zero-order chi connectivity index (χ0) is 29.8.